The Labute approximate surface area is 102 Å². The molecule has 0 unspecified atom stereocenters. The summed E-state index contributed by atoms with van der Waals surface area (Å²) in [6.45, 7) is 0. The van der Waals surface area contributed by atoms with Crippen molar-refractivity contribution in [1.82, 2.24) is 4.57 Å². The largest absolute Gasteiger partial charge is 0.378 e. The molecular formula is C14H18N3+. The summed E-state index contributed by atoms with van der Waals surface area (Å²) < 4.78 is 4.04. The highest BCUT2D eigenvalue weighted by Gasteiger charge is 1.96. The Bertz CT molecular complexity index is 507. The number of aromatic nitrogens is 2. The first-order chi connectivity index (χ1) is 8.15. The van der Waals surface area contributed by atoms with Crippen molar-refractivity contribution >= 4 is 18.0 Å². The number of aryl methyl sites for hydroxylation is 1. The molecule has 0 aliphatic carbocycles. The van der Waals surface area contributed by atoms with E-state index in [9.17, 15) is 0 Å². The van der Waals surface area contributed by atoms with Crippen molar-refractivity contribution in [2.75, 3.05) is 19.0 Å². The molecule has 0 aliphatic rings. The van der Waals surface area contributed by atoms with Crippen LogP contribution in [0.2, 0.25) is 0 Å². The molecule has 17 heavy (non-hydrogen) atoms. The molecule has 0 radical (unpaired) electrons. The molecule has 0 bridgehead atoms. The van der Waals surface area contributed by atoms with Gasteiger partial charge in [-0.2, -0.15) is 0 Å². The van der Waals surface area contributed by atoms with Gasteiger partial charge in [-0.1, -0.05) is 12.1 Å². The molecule has 1 aromatic heterocycles. The number of nitrogens with zero attached hydrogens (tertiary/aromatic N) is 3. The number of imidazole rings is 1. The summed E-state index contributed by atoms with van der Waals surface area (Å²) in [5.74, 6) is 0. The van der Waals surface area contributed by atoms with Crippen molar-refractivity contribution in [2.24, 2.45) is 7.05 Å². The Hall–Kier alpha value is -2.03. The maximum absolute atomic E-state index is 2.12. The first kappa shape index (κ1) is 11.5. The first-order valence-corrected chi connectivity index (χ1v) is 5.63. The second-order valence-electron chi connectivity index (χ2n) is 4.33. The van der Waals surface area contributed by atoms with E-state index in [1.807, 2.05) is 55.2 Å². The molecule has 88 valence electrons. The van der Waals surface area contributed by atoms with Gasteiger partial charge in [0.2, 0.25) is 6.33 Å². The summed E-state index contributed by atoms with van der Waals surface area (Å²) in [4.78, 5) is 2.10. The van der Waals surface area contributed by atoms with E-state index in [4.69, 9.17) is 0 Å². The molecule has 0 amide bonds. The van der Waals surface area contributed by atoms with Crippen LogP contribution in [0.1, 0.15) is 5.56 Å². The zero-order valence-corrected chi connectivity index (χ0v) is 10.5. The molecule has 0 saturated heterocycles. The van der Waals surface area contributed by atoms with Crippen LogP contribution in [0.25, 0.3) is 12.3 Å². The predicted octanol–water partition coefficient (Wildman–Crippen LogP) is 2.01. The monoisotopic (exact) mass is 228 g/mol. The second-order valence-corrected chi connectivity index (χ2v) is 4.33. The average Bonchev–Trinajstić information content (AvgIpc) is 2.73. The van der Waals surface area contributed by atoms with Gasteiger partial charge in [0.25, 0.3) is 0 Å². The average molecular weight is 228 g/mol. The predicted molar refractivity (Wildman–Crippen MR) is 71.6 cm³/mol. The lowest BCUT2D eigenvalue weighted by atomic mass is 10.2. The summed E-state index contributed by atoms with van der Waals surface area (Å²) in [5, 5.41) is 0. The third-order valence-electron chi connectivity index (χ3n) is 2.64. The fraction of sp³-hybridized carbons (Fsp3) is 0.214. The highest BCUT2D eigenvalue weighted by molar-refractivity contribution is 5.62. The summed E-state index contributed by atoms with van der Waals surface area (Å²) in [6, 6.07) is 8.48. The molecule has 0 spiro atoms. The summed E-state index contributed by atoms with van der Waals surface area (Å²) in [5.41, 5.74) is 2.42. The van der Waals surface area contributed by atoms with E-state index in [1.165, 1.54) is 11.3 Å². The number of anilines is 1. The lowest BCUT2D eigenvalue weighted by molar-refractivity contribution is -0.670. The van der Waals surface area contributed by atoms with E-state index < -0.39 is 0 Å². The van der Waals surface area contributed by atoms with Crippen LogP contribution in [0.5, 0.6) is 0 Å². The molecule has 2 aromatic rings. The van der Waals surface area contributed by atoms with Crippen molar-refractivity contribution < 1.29 is 4.57 Å². The molecule has 1 heterocycles. The fourth-order valence-corrected chi connectivity index (χ4v) is 1.61. The molecule has 0 aliphatic heterocycles. The molecule has 0 atom stereocenters. The van der Waals surface area contributed by atoms with E-state index in [0.29, 0.717) is 0 Å². The van der Waals surface area contributed by atoms with E-state index in [1.54, 1.807) is 0 Å². The van der Waals surface area contributed by atoms with Gasteiger partial charge in [-0.25, -0.2) is 9.13 Å². The molecule has 1 aromatic carbocycles. The highest BCUT2D eigenvalue weighted by atomic mass is 15.1. The van der Waals surface area contributed by atoms with Crippen molar-refractivity contribution in [2.45, 2.75) is 0 Å². The second kappa shape index (κ2) is 4.87. The van der Waals surface area contributed by atoms with Crippen LogP contribution in [0.15, 0.2) is 43.0 Å². The molecule has 3 nitrogen and oxygen atoms in total. The van der Waals surface area contributed by atoms with Crippen molar-refractivity contribution in [3.05, 3.63) is 48.5 Å². The molecule has 2 rings (SSSR count). The zero-order chi connectivity index (χ0) is 12.3. The van der Waals surface area contributed by atoms with Gasteiger partial charge in [-0.15, -0.1) is 0 Å². The number of hydrogen-bond acceptors (Lipinski definition) is 1. The standard InChI is InChI=1S/C14H18N3/c1-15(2)14-6-4-13(5-7-14)8-9-17-11-10-16(3)12-17/h4-12H,1-3H3/q+1/b9-8+. The summed E-state index contributed by atoms with van der Waals surface area (Å²) in [7, 11) is 6.10. The van der Waals surface area contributed by atoms with Gasteiger partial charge in [0.15, 0.2) is 0 Å². The lowest BCUT2D eigenvalue weighted by Gasteiger charge is -2.11. The van der Waals surface area contributed by atoms with Crippen molar-refractivity contribution in [1.29, 1.82) is 0 Å². The maximum atomic E-state index is 2.12. The van der Waals surface area contributed by atoms with Crippen LogP contribution in [-0.4, -0.2) is 18.7 Å². The zero-order valence-electron chi connectivity index (χ0n) is 10.5. The van der Waals surface area contributed by atoms with E-state index in [2.05, 4.69) is 35.2 Å². The van der Waals surface area contributed by atoms with Crippen LogP contribution in [0, 0.1) is 0 Å². The van der Waals surface area contributed by atoms with Crippen LogP contribution in [0.3, 0.4) is 0 Å². The van der Waals surface area contributed by atoms with E-state index in [-0.39, 0.29) is 0 Å². The summed E-state index contributed by atoms with van der Waals surface area (Å²) >= 11 is 0. The highest BCUT2D eigenvalue weighted by Crippen LogP contribution is 2.13. The van der Waals surface area contributed by atoms with Gasteiger partial charge in [0.1, 0.15) is 12.4 Å². The molecule has 0 saturated carbocycles. The van der Waals surface area contributed by atoms with E-state index in [0.717, 1.165) is 0 Å². The first-order valence-electron chi connectivity index (χ1n) is 5.63. The lowest BCUT2D eigenvalue weighted by Crippen LogP contribution is -2.23. The van der Waals surface area contributed by atoms with Crippen LogP contribution < -0.4 is 9.47 Å². The van der Waals surface area contributed by atoms with Crippen LogP contribution >= 0.6 is 0 Å². The Kier molecular flexibility index (Phi) is 3.28. The number of benzene rings is 1. The SMILES string of the molecule is CN(C)c1ccc(/C=C/n2cc[n+](C)c2)cc1. The summed E-state index contributed by atoms with van der Waals surface area (Å²) in [6.07, 6.45) is 10.2. The maximum Gasteiger partial charge on any atom is 0.248 e. The normalized spacial score (nSPS) is 11.0. The third kappa shape index (κ3) is 2.97. The van der Waals surface area contributed by atoms with Gasteiger partial charge in [-0.05, 0) is 23.8 Å². The molecule has 0 fully saturated rings. The molecular weight excluding hydrogens is 210 g/mol. The number of rotatable bonds is 3. The third-order valence-corrected chi connectivity index (χ3v) is 2.64. The minimum absolute atomic E-state index is 1.20. The Morgan fingerprint density at radius 2 is 1.88 bits per heavy atom. The Morgan fingerprint density at radius 1 is 1.18 bits per heavy atom. The minimum atomic E-state index is 1.20. The van der Waals surface area contributed by atoms with E-state index >= 15 is 0 Å². The minimum Gasteiger partial charge on any atom is -0.378 e. The topological polar surface area (TPSA) is 12.1 Å². The van der Waals surface area contributed by atoms with Gasteiger partial charge in [-0.3, -0.25) is 0 Å². The Morgan fingerprint density at radius 3 is 2.41 bits per heavy atom. The van der Waals surface area contributed by atoms with Crippen molar-refractivity contribution in [3.63, 3.8) is 0 Å². The Balaban J connectivity index is 2.11. The van der Waals surface area contributed by atoms with Crippen LogP contribution in [-0.2, 0) is 7.05 Å². The van der Waals surface area contributed by atoms with Gasteiger partial charge in [0, 0.05) is 19.8 Å². The smallest absolute Gasteiger partial charge is 0.248 e. The quantitative estimate of drug-likeness (QED) is 0.732. The van der Waals surface area contributed by atoms with Gasteiger partial charge in [0.05, 0.1) is 13.2 Å². The molecule has 0 N–H and O–H groups in total. The van der Waals surface area contributed by atoms with Crippen molar-refractivity contribution in [3.8, 4) is 0 Å². The van der Waals surface area contributed by atoms with Gasteiger partial charge >= 0.3 is 0 Å². The molecule has 3 heteroatoms. The van der Waals surface area contributed by atoms with Gasteiger partial charge < -0.3 is 4.90 Å². The van der Waals surface area contributed by atoms with Crippen LogP contribution in [0.4, 0.5) is 5.69 Å². The fourth-order valence-electron chi connectivity index (χ4n) is 1.61. The number of hydrogen-bond donors (Lipinski definition) is 0.